The normalized spacial score (nSPS) is 16.0. The predicted molar refractivity (Wildman–Crippen MR) is 106 cm³/mol. The number of hydrogen-bond acceptors (Lipinski definition) is 5. The van der Waals surface area contributed by atoms with Gasteiger partial charge in [0.15, 0.2) is 0 Å². The Labute approximate surface area is 166 Å². The molecular weight excluding hydrogens is 370 g/mol. The summed E-state index contributed by atoms with van der Waals surface area (Å²) >= 11 is 0. The van der Waals surface area contributed by atoms with Gasteiger partial charge in [-0.3, -0.25) is 9.59 Å². The molecule has 152 valence electrons. The van der Waals surface area contributed by atoms with E-state index in [-0.39, 0.29) is 42.8 Å². The van der Waals surface area contributed by atoms with Gasteiger partial charge in [-0.2, -0.15) is 0 Å². The summed E-state index contributed by atoms with van der Waals surface area (Å²) in [5, 5.41) is 5.35. The van der Waals surface area contributed by atoms with Crippen molar-refractivity contribution in [2.75, 3.05) is 13.2 Å². The maximum Gasteiger partial charge on any atom is 0.239 e. The summed E-state index contributed by atoms with van der Waals surface area (Å²) in [4.78, 5) is 23.8. The van der Waals surface area contributed by atoms with E-state index >= 15 is 0 Å². The molecule has 0 radical (unpaired) electrons. The van der Waals surface area contributed by atoms with E-state index in [2.05, 4.69) is 10.6 Å². The lowest BCUT2D eigenvalue weighted by atomic mass is 10.1. The molecule has 0 aromatic heterocycles. The van der Waals surface area contributed by atoms with Crippen LogP contribution in [0, 0.1) is 5.92 Å². The van der Waals surface area contributed by atoms with Crippen LogP contribution in [0.3, 0.4) is 0 Å². The highest BCUT2D eigenvalue weighted by Crippen LogP contribution is 2.35. The molecule has 2 atom stereocenters. The summed E-state index contributed by atoms with van der Waals surface area (Å²) in [6.45, 7) is 8.38. The Balaban J connectivity index is 0.00000364. The first-order valence-corrected chi connectivity index (χ1v) is 9.07. The third-order valence-electron chi connectivity index (χ3n) is 4.30. The van der Waals surface area contributed by atoms with E-state index < -0.39 is 6.04 Å². The average Bonchev–Trinajstić information content (AvgIpc) is 2.95. The van der Waals surface area contributed by atoms with Crippen LogP contribution in [0.1, 0.15) is 38.8 Å². The Morgan fingerprint density at radius 1 is 1.33 bits per heavy atom. The van der Waals surface area contributed by atoms with Gasteiger partial charge in [-0.1, -0.05) is 13.8 Å². The molecule has 27 heavy (non-hydrogen) atoms. The average molecular weight is 400 g/mol. The van der Waals surface area contributed by atoms with Crippen LogP contribution >= 0.6 is 12.4 Å². The van der Waals surface area contributed by atoms with Crippen molar-refractivity contribution in [3.63, 3.8) is 0 Å². The standard InChI is InChI=1S/C19H29N3O4.ClH/c1-5-25-15-7-13-6-12(4)26-16(13)8-14(15)9-21-17(23)10-22-19(24)18(20)11(2)3;/h7-8,11-12,18H,5-6,9-10,20H2,1-4H3,(H,21,23)(H,22,24);1H/t12?,18-;/m0./s1. The van der Waals surface area contributed by atoms with Gasteiger partial charge < -0.3 is 25.8 Å². The van der Waals surface area contributed by atoms with Gasteiger partial charge in [0.05, 0.1) is 19.2 Å². The quantitative estimate of drug-likeness (QED) is 0.615. The third-order valence-corrected chi connectivity index (χ3v) is 4.30. The van der Waals surface area contributed by atoms with Gasteiger partial charge >= 0.3 is 0 Å². The number of ether oxygens (including phenoxy) is 2. The van der Waals surface area contributed by atoms with E-state index in [0.717, 1.165) is 29.0 Å². The zero-order valence-corrected chi connectivity index (χ0v) is 17.2. The molecule has 8 heteroatoms. The number of nitrogens with two attached hydrogens (primary N) is 1. The third kappa shape index (κ3) is 6.29. The van der Waals surface area contributed by atoms with Crippen LogP contribution in [-0.2, 0) is 22.6 Å². The molecule has 1 unspecified atom stereocenters. The maximum absolute atomic E-state index is 12.0. The zero-order valence-electron chi connectivity index (χ0n) is 16.3. The fourth-order valence-corrected chi connectivity index (χ4v) is 2.75. The van der Waals surface area contributed by atoms with Crippen molar-refractivity contribution in [3.8, 4) is 11.5 Å². The molecule has 1 aromatic carbocycles. The highest BCUT2D eigenvalue weighted by molar-refractivity contribution is 5.87. The molecule has 0 saturated carbocycles. The summed E-state index contributed by atoms with van der Waals surface area (Å²) in [6, 6.07) is 3.27. The minimum atomic E-state index is -0.622. The second kappa shape index (κ2) is 10.4. The van der Waals surface area contributed by atoms with E-state index in [1.54, 1.807) is 0 Å². The number of halogens is 1. The SMILES string of the molecule is CCOc1cc2c(cc1CNC(=O)CNC(=O)[C@@H](N)C(C)C)OC(C)C2.Cl. The molecule has 0 spiro atoms. The van der Waals surface area contributed by atoms with Crippen LogP contribution in [0.4, 0.5) is 0 Å². The van der Waals surface area contributed by atoms with Gasteiger partial charge in [-0.25, -0.2) is 0 Å². The number of benzene rings is 1. The van der Waals surface area contributed by atoms with Crippen LogP contribution in [0.15, 0.2) is 12.1 Å². The molecule has 0 fully saturated rings. The van der Waals surface area contributed by atoms with Crippen molar-refractivity contribution in [2.24, 2.45) is 11.7 Å². The summed E-state index contributed by atoms with van der Waals surface area (Å²) in [7, 11) is 0. The lowest BCUT2D eigenvalue weighted by Crippen LogP contribution is -2.47. The van der Waals surface area contributed by atoms with Crippen molar-refractivity contribution in [1.29, 1.82) is 0 Å². The largest absolute Gasteiger partial charge is 0.494 e. The number of carbonyl (C=O) groups is 2. The molecule has 0 saturated heterocycles. The van der Waals surface area contributed by atoms with Crippen LogP contribution in [-0.4, -0.2) is 37.1 Å². The summed E-state index contributed by atoms with van der Waals surface area (Å²) in [6.07, 6.45) is 0.995. The maximum atomic E-state index is 12.0. The second-order valence-corrected chi connectivity index (χ2v) is 6.90. The smallest absolute Gasteiger partial charge is 0.239 e. The molecule has 1 aliphatic heterocycles. The Morgan fingerprint density at radius 2 is 2.04 bits per heavy atom. The predicted octanol–water partition coefficient (Wildman–Crippen LogP) is 1.55. The molecule has 0 bridgehead atoms. The number of carbonyl (C=O) groups excluding carboxylic acids is 2. The van der Waals surface area contributed by atoms with Crippen molar-refractivity contribution >= 4 is 24.2 Å². The van der Waals surface area contributed by atoms with E-state index in [4.69, 9.17) is 15.2 Å². The summed E-state index contributed by atoms with van der Waals surface area (Å²) in [5.41, 5.74) is 7.72. The van der Waals surface area contributed by atoms with Gasteiger partial charge in [0.25, 0.3) is 0 Å². The molecule has 1 aromatic rings. The monoisotopic (exact) mass is 399 g/mol. The zero-order chi connectivity index (χ0) is 19.3. The van der Waals surface area contributed by atoms with Crippen LogP contribution in [0.25, 0.3) is 0 Å². The molecule has 7 nitrogen and oxygen atoms in total. The van der Waals surface area contributed by atoms with E-state index in [1.807, 2.05) is 39.8 Å². The number of nitrogens with one attached hydrogen (secondary N) is 2. The first-order valence-electron chi connectivity index (χ1n) is 9.07. The number of fused-ring (bicyclic) bond motifs is 1. The van der Waals surface area contributed by atoms with Crippen LogP contribution in [0.5, 0.6) is 11.5 Å². The molecule has 2 rings (SSSR count). The molecular formula is C19H30ClN3O4. The van der Waals surface area contributed by atoms with E-state index in [0.29, 0.717) is 13.2 Å². The van der Waals surface area contributed by atoms with Crippen molar-refractivity contribution < 1.29 is 19.1 Å². The van der Waals surface area contributed by atoms with Gasteiger partial charge in [-0.05, 0) is 31.9 Å². The summed E-state index contributed by atoms with van der Waals surface area (Å²) < 4.78 is 11.5. The van der Waals surface area contributed by atoms with Gasteiger partial charge in [0.2, 0.25) is 11.8 Å². The first-order chi connectivity index (χ1) is 12.3. The Bertz CT molecular complexity index is 667. The minimum Gasteiger partial charge on any atom is -0.494 e. The highest BCUT2D eigenvalue weighted by atomic mass is 35.5. The van der Waals surface area contributed by atoms with Crippen molar-refractivity contribution in [2.45, 2.75) is 52.8 Å². The van der Waals surface area contributed by atoms with E-state index in [9.17, 15) is 9.59 Å². The van der Waals surface area contributed by atoms with Crippen LogP contribution in [0.2, 0.25) is 0 Å². The number of rotatable bonds is 8. The fraction of sp³-hybridized carbons (Fsp3) is 0.579. The number of hydrogen-bond donors (Lipinski definition) is 3. The Morgan fingerprint density at radius 3 is 2.67 bits per heavy atom. The molecule has 2 amide bonds. The van der Waals surface area contributed by atoms with Gasteiger partial charge in [0.1, 0.15) is 17.6 Å². The minimum absolute atomic E-state index is 0. The van der Waals surface area contributed by atoms with Crippen LogP contribution < -0.4 is 25.8 Å². The molecule has 1 heterocycles. The highest BCUT2D eigenvalue weighted by Gasteiger charge is 2.22. The lowest BCUT2D eigenvalue weighted by Gasteiger charge is -2.16. The van der Waals surface area contributed by atoms with Crippen molar-refractivity contribution in [3.05, 3.63) is 23.3 Å². The number of amides is 2. The second-order valence-electron chi connectivity index (χ2n) is 6.90. The molecule has 0 aliphatic carbocycles. The van der Waals surface area contributed by atoms with Gasteiger partial charge in [0, 0.05) is 24.1 Å². The topological polar surface area (TPSA) is 103 Å². The molecule has 4 N–H and O–H groups in total. The first kappa shape index (κ1) is 23.0. The summed E-state index contributed by atoms with van der Waals surface area (Å²) in [5.74, 6) is 0.980. The van der Waals surface area contributed by atoms with Crippen molar-refractivity contribution in [1.82, 2.24) is 10.6 Å². The lowest BCUT2D eigenvalue weighted by molar-refractivity contribution is -0.127. The Kier molecular flexibility index (Phi) is 8.85. The Hall–Kier alpha value is -1.99. The van der Waals surface area contributed by atoms with Gasteiger partial charge in [-0.15, -0.1) is 12.4 Å². The molecule has 1 aliphatic rings. The fourth-order valence-electron chi connectivity index (χ4n) is 2.75. The van der Waals surface area contributed by atoms with E-state index in [1.165, 1.54) is 0 Å².